The third-order valence-corrected chi connectivity index (χ3v) is 4.28. The SMILES string of the molecule is CCCCCc1c(C)nn(C(=O)CNc2ccccc2C)c1C. The maximum absolute atomic E-state index is 12.5. The van der Waals surface area contributed by atoms with Crippen molar-refractivity contribution in [3.63, 3.8) is 0 Å². The zero-order valence-corrected chi connectivity index (χ0v) is 14.6. The number of rotatable bonds is 7. The first kappa shape index (κ1) is 17.3. The number of nitrogens with zero attached hydrogens (tertiary/aromatic N) is 2. The van der Waals surface area contributed by atoms with Crippen LogP contribution in [0.15, 0.2) is 24.3 Å². The first-order valence-electron chi connectivity index (χ1n) is 8.42. The largest absolute Gasteiger partial charge is 0.376 e. The van der Waals surface area contributed by atoms with Gasteiger partial charge in [-0.3, -0.25) is 4.79 Å². The van der Waals surface area contributed by atoms with Crippen molar-refractivity contribution in [1.82, 2.24) is 9.78 Å². The van der Waals surface area contributed by atoms with E-state index in [1.807, 2.05) is 45.0 Å². The van der Waals surface area contributed by atoms with Crippen molar-refractivity contribution in [3.8, 4) is 0 Å². The van der Waals surface area contributed by atoms with Crippen molar-refractivity contribution >= 4 is 11.6 Å². The molecule has 0 atom stereocenters. The van der Waals surface area contributed by atoms with Gasteiger partial charge in [0.25, 0.3) is 5.91 Å². The van der Waals surface area contributed by atoms with E-state index in [1.165, 1.54) is 18.4 Å². The Morgan fingerprint density at radius 1 is 1.17 bits per heavy atom. The lowest BCUT2D eigenvalue weighted by Gasteiger charge is -2.09. The first-order chi connectivity index (χ1) is 11.0. The number of unbranched alkanes of at least 4 members (excludes halogenated alkanes) is 2. The van der Waals surface area contributed by atoms with E-state index < -0.39 is 0 Å². The van der Waals surface area contributed by atoms with Crippen LogP contribution in [0.1, 0.15) is 53.5 Å². The van der Waals surface area contributed by atoms with Gasteiger partial charge in [-0.15, -0.1) is 0 Å². The van der Waals surface area contributed by atoms with Crippen molar-refractivity contribution in [2.24, 2.45) is 0 Å². The normalized spacial score (nSPS) is 10.8. The minimum atomic E-state index is -0.0180. The van der Waals surface area contributed by atoms with E-state index >= 15 is 0 Å². The van der Waals surface area contributed by atoms with Gasteiger partial charge in [0, 0.05) is 11.4 Å². The molecule has 0 spiro atoms. The predicted octanol–water partition coefficient (Wildman–Crippen LogP) is 4.29. The summed E-state index contributed by atoms with van der Waals surface area (Å²) in [7, 11) is 0. The number of carbonyl (C=O) groups is 1. The summed E-state index contributed by atoms with van der Waals surface area (Å²) in [6.45, 7) is 8.47. The maximum Gasteiger partial charge on any atom is 0.266 e. The van der Waals surface area contributed by atoms with Crippen LogP contribution in [0.2, 0.25) is 0 Å². The van der Waals surface area contributed by atoms with Gasteiger partial charge >= 0.3 is 0 Å². The standard InChI is InChI=1S/C19H27N3O/c1-5-6-7-11-17-15(3)21-22(16(17)4)19(23)13-20-18-12-9-8-10-14(18)2/h8-10,12,20H,5-7,11,13H2,1-4H3. The molecule has 4 nitrogen and oxygen atoms in total. The van der Waals surface area contributed by atoms with E-state index in [1.54, 1.807) is 4.68 Å². The van der Waals surface area contributed by atoms with E-state index in [4.69, 9.17) is 0 Å². The number of anilines is 1. The van der Waals surface area contributed by atoms with Gasteiger partial charge in [0.05, 0.1) is 12.2 Å². The second-order valence-corrected chi connectivity index (χ2v) is 6.08. The lowest BCUT2D eigenvalue weighted by Crippen LogP contribution is -2.23. The molecule has 2 aromatic rings. The molecule has 0 aliphatic heterocycles. The van der Waals surface area contributed by atoms with E-state index in [0.29, 0.717) is 0 Å². The molecule has 1 N–H and O–H groups in total. The smallest absolute Gasteiger partial charge is 0.266 e. The van der Waals surface area contributed by atoms with E-state index in [9.17, 15) is 4.79 Å². The second kappa shape index (κ2) is 7.95. The third-order valence-electron chi connectivity index (χ3n) is 4.28. The third kappa shape index (κ3) is 4.21. The molecular formula is C19H27N3O. The number of hydrogen-bond donors (Lipinski definition) is 1. The lowest BCUT2D eigenvalue weighted by molar-refractivity contribution is 0.0910. The highest BCUT2D eigenvalue weighted by atomic mass is 16.2. The van der Waals surface area contributed by atoms with Crippen molar-refractivity contribution < 1.29 is 4.79 Å². The molecule has 1 heterocycles. The van der Waals surface area contributed by atoms with Crippen LogP contribution in [-0.4, -0.2) is 22.2 Å². The highest BCUT2D eigenvalue weighted by Gasteiger charge is 2.16. The highest BCUT2D eigenvalue weighted by Crippen LogP contribution is 2.17. The average Bonchev–Trinajstić information content (AvgIpc) is 2.82. The summed E-state index contributed by atoms with van der Waals surface area (Å²) in [6.07, 6.45) is 4.57. The van der Waals surface area contributed by atoms with E-state index in [0.717, 1.165) is 35.5 Å². The molecule has 1 aromatic carbocycles. The van der Waals surface area contributed by atoms with Gasteiger partial charge in [-0.05, 0) is 50.8 Å². The molecule has 23 heavy (non-hydrogen) atoms. The van der Waals surface area contributed by atoms with Crippen molar-refractivity contribution in [2.45, 2.75) is 53.4 Å². The summed E-state index contributed by atoms with van der Waals surface area (Å²) < 4.78 is 1.56. The molecule has 0 saturated carbocycles. The zero-order valence-electron chi connectivity index (χ0n) is 14.6. The van der Waals surface area contributed by atoms with Gasteiger partial charge in [-0.2, -0.15) is 5.10 Å². The van der Waals surface area contributed by atoms with Crippen LogP contribution in [0.4, 0.5) is 5.69 Å². The Balaban J connectivity index is 2.05. The number of hydrogen-bond acceptors (Lipinski definition) is 3. The monoisotopic (exact) mass is 313 g/mol. The number of benzene rings is 1. The lowest BCUT2D eigenvalue weighted by atomic mass is 10.1. The summed E-state index contributed by atoms with van der Waals surface area (Å²) in [5.41, 5.74) is 5.31. The van der Waals surface area contributed by atoms with Crippen LogP contribution in [0.5, 0.6) is 0 Å². The van der Waals surface area contributed by atoms with Gasteiger partial charge in [0.2, 0.25) is 0 Å². The van der Waals surface area contributed by atoms with Crippen LogP contribution in [0.3, 0.4) is 0 Å². The Hall–Kier alpha value is -2.10. The van der Waals surface area contributed by atoms with E-state index in [2.05, 4.69) is 17.3 Å². The Morgan fingerprint density at radius 3 is 2.61 bits per heavy atom. The van der Waals surface area contributed by atoms with Crippen LogP contribution >= 0.6 is 0 Å². The van der Waals surface area contributed by atoms with Gasteiger partial charge < -0.3 is 5.32 Å². The zero-order chi connectivity index (χ0) is 16.8. The summed E-state index contributed by atoms with van der Waals surface area (Å²) in [5.74, 6) is -0.0180. The van der Waals surface area contributed by atoms with Crippen molar-refractivity contribution in [2.75, 3.05) is 11.9 Å². The Labute approximate surface area is 138 Å². The molecule has 2 rings (SSSR count). The van der Waals surface area contributed by atoms with Gasteiger partial charge in [0.15, 0.2) is 0 Å². The number of aromatic nitrogens is 2. The Bertz CT molecular complexity index is 673. The molecule has 4 heteroatoms. The van der Waals surface area contributed by atoms with Gasteiger partial charge in [-0.25, -0.2) is 4.68 Å². The number of carbonyl (C=O) groups excluding carboxylic acids is 1. The first-order valence-corrected chi connectivity index (χ1v) is 8.42. The quantitative estimate of drug-likeness (QED) is 0.776. The van der Waals surface area contributed by atoms with Crippen LogP contribution in [0.25, 0.3) is 0 Å². The minimum absolute atomic E-state index is 0.0180. The predicted molar refractivity (Wildman–Crippen MR) is 95.2 cm³/mol. The Kier molecular flexibility index (Phi) is 5.97. The number of nitrogens with one attached hydrogen (secondary N) is 1. The van der Waals surface area contributed by atoms with Crippen molar-refractivity contribution in [1.29, 1.82) is 0 Å². The van der Waals surface area contributed by atoms with Crippen LogP contribution in [0, 0.1) is 20.8 Å². The topological polar surface area (TPSA) is 46.9 Å². The highest BCUT2D eigenvalue weighted by molar-refractivity contribution is 5.83. The molecule has 0 fully saturated rings. The van der Waals surface area contributed by atoms with Crippen LogP contribution in [-0.2, 0) is 6.42 Å². The summed E-state index contributed by atoms with van der Waals surface area (Å²) >= 11 is 0. The molecule has 1 aromatic heterocycles. The molecular weight excluding hydrogens is 286 g/mol. The summed E-state index contributed by atoms with van der Waals surface area (Å²) in [6, 6.07) is 7.98. The summed E-state index contributed by atoms with van der Waals surface area (Å²) in [4.78, 5) is 12.5. The fraction of sp³-hybridized carbons (Fsp3) is 0.474. The molecule has 124 valence electrons. The number of aryl methyl sites for hydroxylation is 2. The molecule has 0 aliphatic carbocycles. The molecule has 0 aliphatic rings. The fourth-order valence-electron chi connectivity index (χ4n) is 2.85. The molecule has 0 bridgehead atoms. The van der Waals surface area contributed by atoms with Gasteiger partial charge in [-0.1, -0.05) is 38.0 Å². The summed E-state index contributed by atoms with van der Waals surface area (Å²) in [5, 5.41) is 7.66. The maximum atomic E-state index is 12.5. The Morgan fingerprint density at radius 2 is 1.91 bits per heavy atom. The molecule has 0 amide bonds. The average molecular weight is 313 g/mol. The van der Waals surface area contributed by atoms with Crippen LogP contribution < -0.4 is 5.32 Å². The fourth-order valence-corrected chi connectivity index (χ4v) is 2.85. The second-order valence-electron chi connectivity index (χ2n) is 6.08. The molecule has 0 saturated heterocycles. The molecule has 0 radical (unpaired) electrons. The van der Waals surface area contributed by atoms with Crippen molar-refractivity contribution in [3.05, 3.63) is 46.8 Å². The number of para-hydroxylation sites is 1. The van der Waals surface area contributed by atoms with E-state index in [-0.39, 0.29) is 12.5 Å². The van der Waals surface area contributed by atoms with Gasteiger partial charge in [0.1, 0.15) is 0 Å². The minimum Gasteiger partial charge on any atom is -0.376 e. The molecule has 0 unspecified atom stereocenters.